The highest BCUT2D eigenvalue weighted by Gasteiger charge is 2.37. The third-order valence-electron chi connectivity index (χ3n) is 6.50. The molecule has 40 heavy (non-hydrogen) atoms. The van der Waals surface area contributed by atoms with Crippen molar-refractivity contribution >= 4 is 34.9 Å². The number of carboxylic acids is 1. The SMILES string of the molecule is CN(Cc1cccc(C(=O)O)c1)c1ccc(OCc2c(-c3c(Cl)cccc3Cl)cnn2C2CC2)nc1C(F)(F)F. The largest absolute Gasteiger partial charge is 0.478 e. The van der Waals surface area contributed by atoms with Gasteiger partial charge in [-0.1, -0.05) is 41.4 Å². The van der Waals surface area contributed by atoms with E-state index in [0.29, 0.717) is 32.4 Å². The van der Waals surface area contributed by atoms with Gasteiger partial charge in [-0.3, -0.25) is 4.68 Å². The first-order chi connectivity index (χ1) is 19.0. The molecule has 0 amide bonds. The summed E-state index contributed by atoms with van der Waals surface area (Å²) in [5.41, 5.74) is 1.14. The zero-order valence-corrected chi connectivity index (χ0v) is 22.6. The third-order valence-corrected chi connectivity index (χ3v) is 7.13. The summed E-state index contributed by atoms with van der Waals surface area (Å²) in [5, 5.41) is 14.5. The average Bonchev–Trinajstić information content (AvgIpc) is 3.67. The van der Waals surface area contributed by atoms with E-state index in [1.807, 2.05) is 0 Å². The molecule has 0 bridgehead atoms. The minimum atomic E-state index is -4.77. The number of aromatic nitrogens is 3. The van der Waals surface area contributed by atoms with Crippen LogP contribution in [0.3, 0.4) is 0 Å². The molecule has 0 radical (unpaired) electrons. The quantitative estimate of drug-likeness (QED) is 0.217. The van der Waals surface area contributed by atoms with Crippen molar-refractivity contribution in [2.75, 3.05) is 11.9 Å². The summed E-state index contributed by atoms with van der Waals surface area (Å²) in [7, 11) is 1.48. The molecule has 0 spiro atoms. The molecule has 1 N–H and O–H groups in total. The Labute approximate surface area is 237 Å². The topological polar surface area (TPSA) is 80.5 Å². The number of nitrogens with zero attached hydrogens (tertiary/aromatic N) is 4. The number of benzene rings is 2. The van der Waals surface area contributed by atoms with Crippen LogP contribution in [0.1, 0.15) is 46.2 Å². The van der Waals surface area contributed by atoms with Crippen molar-refractivity contribution in [2.24, 2.45) is 0 Å². The highest BCUT2D eigenvalue weighted by molar-refractivity contribution is 6.39. The number of carboxylic acid groups (broad SMARTS) is 1. The van der Waals surface area contributed by atoms with Gasteiger partial charge in [0, 0.05) is 30.8 Å². The van der Waals surface area contributed by atoms with Gasteiger partial charge in [0.05, 0.1) is 39.2 Å². The fraction of sp³-hybridized carbons (Fsp3) is 0.250. The van der Waals surface area contributed by atoms with E-state index in [9.17, 15) is 23.1 Å². The van der Waals surface area contributed by atoms with Crippen LogP contribution in [0, 0.1) is 0 Å². The number of halogens is 5. The monoisotopic (exact) mass is 590 g/mol. The van der Waals surface area contributed by atoms with Gasteiger partial charge in [0.2, 0.25) is 5.88 Å². The molecule has 0 aliphatic heterocycles. The van der Waals surface area contributed by atoms with Crippen molar-refractivity contribution in [3.05, 3.63) is 93.4 Å². The molecule has 0 atom stereocenters. The molecular weight excluding hydrogens is 568 g/mol. The molecule has 1 aliphatic carbocycles. The summed E-state index contributed by atoms with van der Waals surface area (Å²) in [6.07, 6.45) is -1.28. The van der Waals surface area contributed by atoms with Gasteiger partial charge in [-0.25, -0.2) is 9.78 Å². The maximum Gasteiger partial charge on any atom is 0.435 e. The van der Waals surface area contributed by atoms with Crippen LogP contribution in [0.2, 0.25) is 10.0 Å². The molecular formula is C28H23Cl2F3N4O3. The van der Waals surface area contributed by atoms with Crippen LogP contribution in [0.5, 0.6) is 5.88 Å². The lowest BCUT2D eigenvalue weighted by Gasteiger charge is -2.23. The Hall–Kier alpha value is -3.76. The first-order valence-electron chi connectivity index (χ1n) is 12.3. The van der Waals surface area contributed by atoms with Crippen molar-refractivity contribution in [1.29, 1.82) is 0 Å². The molecule has 208 valence electrons. The van der Waals surface area contributed by atoms with Gasteiger partial charge in [0.1, 0.15) is 6.61 Å². The van der Waals surface area contributed by atoms with Crippen LogP contribution in [0.25, 0.3) is 11.1 Å². The second-order valence-corrected chi connectivity index (χ2v) is 10.3. The van der Waals surface area contributed by atoms with Crippen LogP contribution in [0.4, 0.5) is 18.9 Å². The van der Waals surface area contributed by atoms with Crippen LogP contribution >= 0.6 is 23.2 Å². The summed E-state index contributed by atoms with van der Waals surface area (Å²) in [6, 6.07) is 14.0. The van der Waals surface area contributed by atoms with Crippen LogP contribution in [-0.2, 0) is 19.3 Å². The van der Waals surface area contributed by atoms with E-state index in [1.54, 1.807) is 41.2 Å². The van der Waals surface area contributed by atoms with Gasteiger partial charge in [0.15, 0.2) is 5.69 Å². The Bertz CT molecular complexity index is 1550. The van der Waals surface area contributed by atoms with E-state index in [1.165, 1.54) is 36.2 Å². The highest BCUT2D eigenvalue weighted by Crippen LogP contribution is 2.42. The van der Waals surface area contributed by atoms with E-state index in [4.69, 9.17) is 27.9 Å². The summed E-state index contributed by atoms with van der Waals surface area (Å²) in [4.78, 5) is 16.4. The van der Waals surface area contributed by atoms with Gasteiger partial charge in [-0.2, -0.15) is 18.3 Å². The lowest BCUT2D eigenvalue weighted by Crippen LogP contribution is -2.22. The van der Waals surface area contributed by atoms with Gasteiger partial charge in [-0.05, 0) is 48.7 Å². The molecule has 1 fully saturated rings. The number of hydrogen-bond acceptors (Lipinski definition) is 5. The fourth-order valence-corrected chi connectivity index (χ4v) is 5.07. The predicted molar refractivity (Wildman–Crippen MR) is 145 cm³/mol. The Balaban J connectivity index is 1.42. The number of rotatable bonds is 9. The highest BCUT2D eigenvalue weighted by atomic mass is 35.5. The average molecular weight is 591 g/mol. The zero-order chi connectivity index (χ0) is 28.6. The van der Waals surface area contributed by atoms with Gasteiger partial charge in [-0.15, -0.1) is 0 Å². The van der Waals surface area contributed by atoms with Crippen LogP contribution in [0.15, 0.2) is 60.8 Å². The number of hydrogen-bond donors (Lipinski definition) is 1. The molecule has 7 nitrogen and oxygen atoms in total. The molecule has 4 aromatic rings. The number of aromatic carboxylic acids is 1. The molecule has 2 heterocycles. The summed E-state index contributed by atoms with van der Waals surface area (Å²) < 4.78 is 49.9. The minimum absolute atomic E-state index is 0.0363. The van der Waals surface area contributed by atoms with Crippen LogP contribution < -0.4 is 9.64 Å². The number of anilines is 1. The van der Waals surface area contributed by atoms with Gasteiger partial charge >= 0.3 is 12.1 Å². The first kappa shape index (κ1) is 27.8. The number of carbonyl (C=O) groups is 1. The Morgan fingerprint density at radius 2 is 1.82 bits per heavy atom. The second kappa shape index (κ2) is 11.0. The fourth-order valence-electron chi connectivity index (χ4n) is 4.46. The Kier molecular flexibility index (Phi) is 7.65. The maximum absolute atomic E-state index is 14.1. The number of pyridine rings is 1. The molecule has 5 rings (SSSR count). The smallest absolute Gasteiger partial charge is 0.435 e. The lowest BCUT2D eigenvalue weighted by molar-refractivity contribution is -0.140. The first-order valence-corrected chi connectivity index (χ1v) is 13.0. The van der Waals surface area contributed by atoms with Gasteiger partial charge < -0.3 is 14.7 Å². The summed E-state index contributed by atoms with van der Waals surface area (Å²) >= 11 is 12.8. The zero-order valence-electron chi connectivity index (χ0n) is 21.1. The molecule has 0 unspecified atom stereocenters. The third kappa shape index (κ3) is 5.88. The molecule has 2 aromatic carbocycles. The Morgan fingerprint density at radius 3 is 2.48 bits per heavy atom. The Morgan fingerprint density at radius 1 is 1.12 bits per heavy atom. The summed E-state index contributed by atoms with van der Waals surface area (Å²) in [6.45, 7) is -0.0660. The molecule has 12 heteroatoms. The van der Waals surface area contributed by atoms with Crippen molar-refractivity contribution in [3.63, 3.8) is 0 Å². The number of alkyl halides is 3. The normalized spacial score (nSPS) is 13.3. The molecule has 1 saturated carbocycles. The molecule has 0 saturated heterocycles. The second-order valence-electron chi connectivity index (χ2n) is 9.44. The van der Waals surface area contributed by atoms with Crippen molar-refractivity contribution in [1.82, 2.24) is 14.8 Å². The molecule has 1 aliphatic rings. The number of ether oxygens (including phenoxy) is 1. The summed E-state index contributed by atoms with van der Waals surface area (Å²) in [5.74, 6) is -1.33. The molecule has 2 aromatic heterocycles. The van der Waals surface area contributed by atoms with Crippen molar-refractivity contribution < 1.29 is 27.8 Å². The van der Waals surface area contributed by atoms with Gasteiger partial charge in [0.25, 0.3) is 0 Å². The van der Waals surface area contributed by atoms with Crippen molar-refractivity contribution in [2.45, 2.75) is 38.2 Å². The minimum Gasteiger partial charge on any atom is -0.478 e. The van der Waals surface area contributed by atoms with E-state index in [2.05, 4.69) is 10.1 Å². The van der Waals surface area contributed by atoms with E-state index >= 15 is 0 Å². The van der Waals surface area contributed by atoms with Crippen LogP contribution in [-0.4, -0.2) is 32.9 Å². The van der Waals surface area contributed by atoms with E-state index < -0.39 is 17.8 Å². The predicted octanol–water partition coefficient (Wildman–Crippen LogP) is 7.52. The van der Waals surface area contributed by atoms with E-state index in [-0.39, 0.29) is 36.3 Å². The standard InChI is InChI=1S/C28H23Cl2F3N4O3/c1-36(14-16-4-2-5-17(12-16)27(38)39)22-10-11-24(35-26(22)28(31,32)33)40-15-23-19(13-34-37(23)18-8-9-18)25-20(29)6-3-7-21(25)30/h2-7,10-13,18H,8-9,14-15H2,1H3,(H,38,39). The van der Waals surface area contributed by atoms with Crippen molar-refractivity contribution in [3.8, 4) is 17.0 Å². The maximum atomic E-state index is 14.1. The van der Waals surface area contributed by atoms with E-state index in [0.717, 1.165) is 12.8 Å². The lowest BCUT2D eigenvalue weighted by atomic mass is 10.1.